The highest BCUT2D eigenvalue weighted by molar-refractivity contribution is 5.91. The zero-order valence-electron chi connectivity index (χ0n) is 18.2. The number of esters is 1. The molecule has 11 heteroatoms. The second-order valence-corrected chi connectivity index (χ2v) is 7.03. The molecule has 0 unspecified atom stereocenters. The summed E-state index contributed by atoms with van der Waals surface area (Å²) in [5.74, 6) is -1.45. The highest BCUT2D eigenvalue weighted by Gasteiger charge is 2.30. The van der Waals surface area contributed by atoms with Crippen molar-refractivity contribution in [3.63, 3.8) is 0 Å². The lowest BCUT2D eigenvalue weighted by atomic mass is 10.2. The van der Waals surface area contributed by atoms with Crippen LogP contribution in [0.3, 0.4) is 0 Å². The molecule has 0 radical (unpaired) electrons. The molecule has 7 nitrogen and oxygen atoms in total. The molecule has 0 saturated carbocycles. The van der Waals surface area contributed by atoms with Crippen molar-refractivity contribution in [2.45, 2.75) is 6.18 Å². The molecule has 0 atom stereocenters. The molecule has 0 saturated heterocycles. The van der Waals surface area contributed by atoms with Gasteiger partial charge in [0.25, 0.3) is 5.91 Å². The van der Waals surface area contributed by atoms with Crippen LogP contribution in [0.25, 0.3) is 0 Å². The summed E-state index contributed by atoms with van der Waals surface area (Å²) >= 11 is 0. The number of methoxy groups -OCH3 is 1. The molecule has 0 aromatic heterocycles. The summed E-state index contributed by atoms with van der Waals surface area (Å²) in [6.07, 6.45) is -3.18. The highest BCUT2D eigenvalue weighted by Crippen LogP contribution is 2.30. The molecule has 0 aliphatic rings. The minimum Gasteiger partial charge on any atom is -0.493 e. The predicted molar refractivity (Wildman–Crippen MR) is 120 cm³/mol. The number of nitrogens with one attached hydrogen (secondary N) is 2. The molecule has 0 fully saturated rings. The van der Waals surface area contributed by atoms with Gasteiger partial charge in [0.15, 0.2) is 11.5 Å². The Labute approximate surface area is 197 Å². The van der Waals surface area contributed by atoms with Gasteiger partial charge in [-0.2, -0.15) is 18.3 Å². The van der Waals surface area contributed by atoms with Crippen molar-refractivity contribution >= 4 is 23.8 Å². The van der Waals surface area contributed by atoms with Crippen LogP contribution in [0.15, 0.2) is 71.8 Å². The van der Waals surface area contributed by atoms with E-state index in [1.807, 2.05) is 0 Å². The smallest absolute Gasteiger partial charge is 0.416 e. The van der Waals surface area contributed by atoms with E-state index in [0.717, 1.165) is 24.3 Å². The molecular weight excluding hydrogens is 470 g/mol. The molecular formula is C24H19F4N3O4. The Balaban J connectivity index is 1.55. The van der Waals surface area contributed by atoms with Crippen molar-refractivity contribution in [1.82, 2.24) is 5.43 Å². The maximum Gasteiger partial charge on any atom is 0.416 e. The number of anilines is 1. The molecule has 182 valence electrons. The van der Waals surface area contributed by atoms with E-state index in [9.17, 15) is 27.2 Å². The summed E-state index contributed by atoms with van der Waals surface area (Å²) in [6, 6.07) is 13.8. The Kier molecular flexibility index (Phi) is 8.03. The maximum absolute atomic E-state index is 13.0. The highest BCUT2D eigenvalue weighted by atomic mass is 19.4. The van der Waals surface area contributed by atoms with E-state index in [0.29, 0.717) is 5.56 Å². The summed E-state index contributed by atoms with van der Waals surface area (Å²) in [6.45, 7) is -0.305. The number of benzene rings is 3. The summed E-state index contributed by atoms with van der Waals surface area (Å²) in [7, 11) is 1.37. The normalized spacial score (nSPS) is 11.2. The van der Waals surface area contributed by atoms with Gasteiger partial charge in [0.2, 0.25) is 0 Å². The van der Waals surface area contributed by atoms with E-state index in [-0.39, 0.29) is 29.3 Å². The molecule has 3 aromatic carbocycles. The number of carbonyl (C=O) groups is 2. The van der Waals surface area contributed by atoms with Crippen LogP contribution >= 0.6 is 0 Å². The van der Waals surface area contributed by atoms with Gasteiger partial charge in [-0.3, -0.25) is 4.79 Å². The number of alkyl halides is 3. The Morgan fingerprint density at radius 3 is 2.43 bits per heavy atom. The van der Waals surface area contributed by atoms with Crippen molar-refractivity contribution in [1.29, 1.82) is 0 Å². The molecule has 0 aliphatic carbocycles. The predicted octanol–water partition coefficient (Wildman–Crippen LogP) is 4.63. The van der Waals surface area contributed by atoms with Gasteiger partial charge in [-0.05, 0) is 66.2 Å². The maximum atomic E-state index is 13.0. The third-order valence-corrected chi connectivity index (χ3v) is 4.52. The zero-order valence-corrected chi connectivity index (χ0v) is 18.2. The fraction of sp³-hybridized carbons (Fsp3) is 0.125. The van der Waals surface area contributed by atoms with E-state index in [4.69, 9.17) is 9.47 Å². The molecule has 0 bridgehead atoms. The lowest BCUT2D eigenvalue weighted by molar-refractivity contribution is -0.137. The number of amides is 1. The third-order valence-electron chi connectivity index (χ3n) is 4.52. The average molecular weight is 489 g/mol. The zero-order chi connectivity index (χ0) is 25.4. The van der Waals surface area contributed by atoms with Gasteiger partial charge in [-0.1, -0.05) is 6.07 Å². The number of rotatable bonds is 8. The SMILES string of the molecule is COc1cc(/C=N\NC(=O)CNc2cccc(C(F)(F)F)c2)ccc1OC(=O)c1ccc(F)cc1. The molecule has 0 heterocycles. The van der Waals surface area contributed by atoms with Crippen LogP contribution in [-0.2, 0) is 11.0 Å². The fourth-order valence-electron chi connectivity index (χ4n) is 2.80. The number of nitrogens with zero attached hydrogens (tertiary/aromatic N) is 1. The third kappa shape index (κ3) is 7.29. The van der Waals surface area contributed by atoms with Crippen LogP contribution in [-0.4, -0.2) is 31.7 Å². The Morgan fingerprint density at radius 1 is 1.00 bits per heavy atom. The van der Waals surface area contributed by atoms with E-state index in [1.54, 1.807) is 6.07 Å². The van der Waals surface area contributed by atoms with Gasteiger partial charge in [0.1, 0.15) is 5.82 Å². The first kappa shape index (κ1) is 25.2. The fourth-order valence-corrected chi connectivity index (χ4v) is 2.80. The van der Waals surface area contributed by atoms with Gasteiger partial charge < -0.3 is 14.8 Å². The van der Waals surface area contributed by atoms with Crippen molar-refractivity contribution < 1.29 is 36.6 Å². The van der Waals surface area contributed by atoms with Gasteiger partial charge >= 0.3 is 12.1 Å². The van der Waals surface area contributed by atoms with E-state index in [1.165, 1.54) is 49.7 Å². The first-order valence-corrected chi connectivity index (χ1v) is 10.0. The average Bonchev–Trinajstić information content (AvgIpc) is 2.83. The Morgan fingerprint density at radius 2 is 1.74 bits per heavy atom. The lowest BCUT2D eigenvalue weighted by Crippen LogP contribution is -2.26. The van der Waals surface area contributed by atoms with Crippen molar-refractivity contribution in [2.75, 3.05) is 19.0 Å². The Bertz CT molecular complexity index is 1230. The molecule has 0 spiro atoms. The molecule has 35 heavy (non-hydrogen) atoms. The monoisotopic (exact) mass is 489 g/mol. The second-order valence-electron chi connectivity index (χ2n) is 7.03. The van der Waals surface area contributed by atoms with Crippen molar-refractivity contribution in [3.8, 4) is 11.5 Å². The number of halogens is 4. The summed E-state index contributed by atoms with van der Waals surface area (Å²) in [4.78, 5) is 24.1. The molecule has 3 aromatic rings. The Hall–Kier alpha value is -4.41. The first-order valence-electron chi connectivity index (χ1n) is 10.0. The van der Waals surface area contributed by atoms with Crippen LogP contribution in [0.5, 0.6) is 11.5 Å². The standard InChI is InChI=1S/C24H19F4N3O4/c1-34-21-11-15(5-10-20(21)35-23(33)16-6-8-18(25)9-7-16)13-30-31-22(32)14-29-19-4-2-3-17(12-19)24(26,27)28/h2-13,29H,14H2,1H3,(H,31,32)/b30-13-. The quantitative estimate of drug-likeness (QED) is 0.158. The van der Waals surface area contributed by atoms with Crippen LogP contribution in [0.2, 0.25) is 0 Å². The van der Waals surface area contributed by atoms with Crippen LogP contribution in [0, 0.1) is 5.82 Å². The number of ether oxygens (including phenoxy) is 2. The van der Waals surface area contributed by atoms with E-state index in [2.05, 4.69) is 15.8 Å². The molecule has 2 N–H and O–H groups in total. The summed E-state index contributed by atoms with van der Waals surface area (Å²) < 4.78 is 61.8. The van der Waals surface area contributed by atoms with E-state index < -0.39 is 29.4 Å². The summed E-state index contributed by atoms with van der Waals surface area (Å²) in [5, 5.41) is 6.38. The van der Waals surface area contributed by atoms with E-state index >= 15 is 0 Å². The van der Waals surface area contributed by atoms with Crippen LogP contribution in [0.4, 0.5) is 23.2 Å². The number of hydrogen-bond donors (Lipinski definition) is 2. The number of hydrazone groups is 1. The van der Waals surface area contributed by atoms with Gasteiger partial charge in [0.05, 0.1) is 31.0 Å². The van der Waals surface area contributed by atoms with Crippen LogP contribution in [0.1, 0.15) is 21.5 Å². The minimum absolute atomic E-state index is 0.119. The van der Waals surface area contributed by atoms with Crippen molar-refractivity contribution in [2.24, 2.45) is 5.10 Å². The minimum atomic E-state index is -4.49. The topological polar surface area (TPSA) is 89.0 Å². The lowest BCUT2D eigenvalue weighted by Gasteiger charge is -2.10. The second kappa shape index (κ2) is 11.1. The molecule has 0 aliphatic heterocycles. The van der Waals surface area contributed by atoms with Gasteiger partial charge in [-0.15, -0.1) is 0 Å². The largest absolute Gasteiger partial charge is 0.493 e. The number of hydrogen-bond acceptors (Lipinski definition) is 6. The van der Waals surface area contributed by atoms with Crippen molar-refractivity contribution in [3.05, 3.63) is 89.2 Å². The molecule has 3 rings (SSSR count). The van der Waals surface area contributed by atoms with Crippen LogP contribution < -0.4 is 20.2 Å². The summed E-state index contributed by atoms with van der Waals surface area (Å²) in [5.41, 5.74) is 2.20. The van der Waals surface area contributed by atoms with Gasteiger partial charge in [0, 0.05) is 5.69 Å². The molecule has 1 amide bonds. The first-order chi connectivity index (χ1) is 16.7. The van der Waals surface area contributed by atoms with Gasteiger partial charge in [-0.25, -0.2) is 14.6 Å². The number of carbonyl (C=O) groups excluding carboxylic acids is 2.